The Balaban J connectivity index is 3.01. The molecule has 0 saturated heterocycles. The van der Waals surface area contributed by atoms with Crippen molar-refractivity contribution in [2.75, 3.05) is 0 Å². The lowest BCUT2D eigenvalue weighted by Gasteiger charge is -2.06. The molecule has 0 aliphatic rings. The van der Waals surface area contributed by atoms with E-state index in [-0.39, 0.29) is 12.0 Å². The molecule has 1 aromatic carbocycles. The van der Waals surface area contributed by atoms with Gasteiger partial charge >= 0.3 is 5.97 Å². The second-order valence-corrected chi connectivity index (χ2v) is 3.17. The van der Waals surface area contributed by atoms with Gasteiger partial charge in [-0.3, -0.25) is 4.79 Å². The summed E-state index contributed by atoms with van der Waals surface area (Å²) in [4.78, 5) is 10.2. The van der Waals surface area contributed by atoms with E-state index in [0.29, 0.717) is 6.07 Å². The van der Waals surface area contributed by atoms with Crippen LogP contribution in [0.1, 0.15) is 24.0 Å². The van der Waals surface area contributed by atoms with E-state index in [4.69, 9.17) is 5.11 Å². The average molecular weight is 236 g/mol. The molecule has 0 aliphatic heterocycles. The van der Waals surface area contributed by atoms with Crippen LogP contribution in [0.15, 0.2) is 12.1 Å². The predicted molar refractivity (Wildman–Crippen MR) is 47.3 cm³/mol. The largest absolute Gasteiger partial charge is 0.481 e. The molecule has 1 rings (SSSR count). The van der Waals surface area contributed by atoms with Crippen molar-refractivity contribution >= 4 is 5.97 Å². The highest BCUT2D eigenvalue weighted by Crippen LogP contribution is 2.24. The number of rotatable bonds is 4. The fraction of sp³-hybridized carbons (Fsp3) is 0.300. The van der Waals surface area contributed by atoms with Gasteiger partial charge in [-0.2, -0.15) is 0 Å². The van der Waals surface area contributed by atoms with Crippen molar-refractivity contribution in [3.05, 3.63) is 34.9 Å². The van der Waals surface area contributed by atoms with Crippen molar-refractivity contribution in [1.29, 1.82) is 0 Å². The van der Waals surface area contributed by atoms with Crippen LogP contribution in [0.3, 0.4) is 0 Å². The molecule has 0 bridgehead atoms. The summed E-state index contributed by atoms with van der Waals surface area (Å²) in [5.41, 5.74) is -1.00. The zero-order valence-corrected chi connectivity index (χ0v) is 8.01. The second kappa shape index (κ2) is 4.96. The summed E-state index contributed by atoms with van der Waals surface area (Å²) < 4.78 is 50.5. The Bertz CT molecular complexity index is 404. The van der Waals surface area contributed by atoms with Crippen LogP contribution < -0.4 is 0 Å². The first-order valence-electron chi connectivity index (χ1n) is 4.39. The van der Waals surface area contributed by atoms with E-state index in [1.807, 2.05) is 0 Å². The van der Waals surface area contributed by atoms with E-state index < -0.39 is 36.0 Å². The Morgan fingerprint density at radius 3 is 2.44 bits per heavy atom. The summed E-state index contributed by atoms with van der Waals surface area (Å²) in [7, 11) is 0. The van der Waals surface area contributed by atoms with Crippen molar-refractivity contribution in [3.63, 3.8) is 0 Å². The fourth-order valence-electron chi connectivity index (χ4n) is 1.22. The average Bonchev–Trinajstić information content (AvgIpc) is 2.19. The quantitative estimate of drug-likeness (QED) is 0.816. The monoisotopic (exact) mass is 236 g/mol. The van der Waals surface area contributed by atoms with Crippen molar-refractivity contribution in [3.8, 4) is 0 Å². The van der Waals surface area contributed by atoms with Crippen molar-refractivity contribution in [2.45, 2.75) is 19.3 Å². The van der Waals surface area contributed by atoms with Gasteiger partial charge in [-0.05, 0) is 24.1 Å². The van der Waals surface area contributed by atoms with Gasteiger partial charge in [0, 0.05) is 12.0 Å². The van der Waals surface area contributed by atoms with Crippen LogP contribution in [-0.2, 0) is 11.2 Å². The third kappa shape index (κ3) is 2.95. The summed E-state index contributed by atoms with van der Waals surface area (Å²) >= 11 is 0. The highest BCUT2D eigenvalue weighted by molar-refractivity contribution is 5.67. The zero-order chi connectivity index (χ0) is 12.3. The highest BCUT2D eigenvalue weighted by atomic mass is 19.3. The number of carboxylic acids is 1. The third-order valence-electron chi connectivity index (χ3n) is 1.99. The van der Waals surface area contributed by atoms with Gasteiger partial charge in [-0.1, -0.05) is 0 Å². The second-order valence-electron chi connectivity index (χ2n) is 3.17. The molecule has 0 radical (unpaired) electrons. The maximum atomic E-state index is 13.1. The minimum atomic E-state index is -2.92. The molecular weight excluding hydrogens is 228 g/mol. The lowest BCUT2D eigenvalue weighted by Crippen LogP contribution is -2.02. The Kier molecular flexibility index (Phi) is 3.87. The number of hydrogen-bond acceptors (Lipinski definition) is 1. The maximum Gasteiger partial charge on any atom is 0.303 e. The minimum absolute atomic E-state index is 0.321. The number of carbonyl (C=O) groups is 1. The molecule has 0 unspecified atom stereocenters. The maximum absolute atomic E-state index is 13.1. The minimum Gasteiger partial charge on any atom is -0.481 e. The van der Waals surface area contributed by atoms with E-state index >= 15 is 0 Å². The fourth-order valence-corrected chi connectivity index (χ4v) is 1.22. The van der Waals surface area contributed by atoms with Gasteiger partial charge in [0.05, 0.1) is 0 Å². The molecule has 0 aromatic heterocycles. The first-order valence-corrected chi connectivity index (χ1v) is 4.39. The highest BCUT2D eigenvalue weighted by Gasteiger charge is 2.16. The van der Waals surface area contributed by atoms with E-state index in [0.717, 1.165) is 6.07 Å². The summed E-state index contributed by atoms with van der Waals surface area (Å²) in [5, 5.41) is 8.35. The summed E-state index contributed by atoms with van der Waals surface area (Å²) in [6.07, 6.45) is -3.68. The van der Waals surface area contributed by atoms with Gasteiger partial charge in [0.2, 0.25) is 0 Å². The first-order chi connectivity index (χ1) is 7.41. The van der Waals surface area contributed by atoms with Crippen LogP contribution in [-0.4, -0.2) is 11.1 Å². The molecule has 2 nitrogen and oxygen atoms in total. The summed E-state index contributed by atoms with van der Waals surface area (Å²) in [5.74, 6) is -3.87. The number of halogens is 4. The van der Waals surface area contributed by atoms with Gasteiger partial charge < -0.3 is 5.11 Å². The zero-order valence-electron chi connectivity index (χ0n) is 8.01. The molecule has 88 valence electrons. The summed E-state index contributed by atoms with van der Waals surface area (Å²) in [6, 6.07) is 1.19. The van der Waals surface area contributed by atoms with Crippen LogP contribution in [0.4, 0.5) is 17.6 Å². The number of hydrogen-bond donors (Lipinski definition) is 1. The topological polar surface area (TPSA) is 37.3 Å². The SMILES string of the molecule is O=C(O)CCc1cc(C(F)F)cc(F)c1F. The van der Waals surface area contributed by atoms with Crippen LogP contribution in [0, 0.1) is 11.6 Å². The normalized spacial score (nSPS) is 10.8. The molecule has 0 atom stereocenters. The van der Waals surface area contributed by atoms with E-state index in [2.05, 4.69) is 0 Å². The van der Waals surface area contributed by atoms with Crippen LogP contribution >= 0.6 is 0 Å². The third-order valence-corrected chi connectivity index (χ3v) is 1.99. The molecule has 6 heteroatoms. The molecule has 16 heavy (non-hydrogen) atoms. The lowest BCUT2D eigenvalue weighted by molar-refractivity contribution is -0.136. The van der Waals surface area contributed by atoms with Crippen LogP contribution in [0.5, 0.6) is 0 Å². The molecule has 1 N–H and O–H groups in total. The standard InChI is InChI=1S/C10H8F4O2/c11-7-4-6(10(13)14)3-5(9(7)12)1-2-8(15)16/h3-4,10H,1-2H2,(H,15,16). The Hall–Kier alpha value is -1.59. The van der Waals surface area contributed by atoms with Crippen LogP contribution in [0.2, 0.25) is 0 Å². The van der Waals surface area contributed by atoms with Gasteiger partial charge in [0.25, 0.3) is 6.43 Å². The number of benzene rings is 1. The molecule has 0 spiro atoms. The summed E-state index contributed by atoms with van der Waals surface area (Å²) in [6.45, 7) is 0. The van der Waals surface area contributed by atoms with Gasteiger partial charge in [-0.15, -0.1) is 0 Å². The number of alkyl halides is 2. The molecule has 0 aliphatic carbocycles. The number of aliphatic carboxylic acids is 1. The van der Waals surface area contributed by atoms with Gasteiger partial charge in [-0.25, -0.2) is 17.6 Å². The van der Waals surface area contributed by atoms with Crippen molar-refractivity contribution in [1.82, 2.24) is 0 Å². The van der Waals surface area contributed by atoms with E-state index in [1.165, 1.54) is 0 Å². The van der Waals surface area contributed by atoms with Crippen molar-refractivity contribution < 1.29 is 27.5 Å². The number of aryl methyl sites for hydroxylation is 1. The molecule has 1 aromatic rings. The first kappa shape index (κ1) is 12.5. The van der Waals surface area contributed by atoms with E-state index in [9.17, 15) is 22.4 Å². The molecule has 0 heterocycles. The van der Waals surface area contributed by atoms with E-state index in [1.54, 1.807) is 0 Å². The molecule has 0 fully saturated rings. The molecular formula is C10H8F4O2. The van der Waals surface area contributed by atoms with Gasteiger partial charge in [0.15, 0.2) is 11.6 Å². The Morgan fingerprint density at radius 1 is 1.31 bits per heavy atom. The lowest BCUT2D eigenvalue weighted by atomic mass is 10.1. The van der Waals surface area contributed by atoms with Crippen LogP contribution in [0.25, 0.3) is 0 Å². The number of carboxylic acid groups (broad SMARTS) is 1. The molecule has 0 saturated carbocycles. The Labute approximate surface area is 88.5 Å². The Morgan fingerprint density at radius 2 is 1.94 bits per heavy atom. The smallest absolute Gasteiger partial charge is 0.303 e. The predicted octanol–water partition coefficient (Wildman–Crippen LogP) is 2.92. The van der Waals surface area contributed by atoms with Gasteiger partial charge in [0.1, 0.15) is 0 Å². The molecule has 0 amide bonds. The van der Waals surface area contributed by atoms with Crippen molar-refractivity contribution in [2.24, 2.45) is 0 Å².